The monoisotopic (exact) mass is 251 g/mol. The highest BCUT2D eigenvalue weighted by Crippen LogP contribution is 2.31. The van der Waals surface area contributed by atoms with Crippen LogP contribution in [-0.4, -0.2) is 22.3 Å². The average molecular weight is 251 g/mol. The van der Waals surface area contributed by atoms with Gasteiger partial charge in [-0.2, -0.15) is 0 Å². The van der Waals surface area contributed by atoms with E-state index in [1.165, 1.54) is 11.1 Å². The van der Waals surface area contributed by atoms with Crippen LogP contribution in [0, 0.1) is 0 Å². The molecule has 94 valence electrons. The third-order valence-electron chi connectivity index (χ3n) is 3.55. The summed E-state index contributed by atoms with van der Waals surface area (Å²) in [7, 11) is -0.764. The van der Waals surface area contributed by atoms with Gasteiger partial charge < -0.3 is 5.32 Å². The second-order valence-electron chi connectivity index (χ2n) is 4.66. The molecule has 0 saturated heterocycles. The number of hydrogen-bond donors (Lipinski definition) is 1. The highest BCUT2D eigenvalue weighted by Gasteiger charge is 2.29. The number of nitrogens with one attached hydrogen (secondary N) is 1. The Balaban J connectivity index is 2.39. The summed E-state index contributed by atoms with van der Waals surface area (Å²) in [5.74, 6) is 0. The second-order valence-corrected chi connectivity index (χ2v) is 6.27. The van der Waals surface area contributed by atoms with E-state index in [-0.39, 0.29) is 11.3 Å². The van der Waals surface area contributed by atoms with E-state index in [2.05, 4.69) is 36.5 Å². The molecule has 1 aromatic rings. The van der Waals surface area contributed by atoms with Gasteiger partial charge in [0.05, 0.1) is 5.25 Å². The number of aryl methyl sites for hydroxylation is 1. The van der Waals surface area contributed by atoms with Gasteiger partial charge in [0.1, 0.15) is 0 Å². The molecule has 17 heavy (non-hydrogen) atoms. The average Bonchev–Trinajstić information content (AvgIpc) is 2.50. The smallest absolute Gasteiger partial charge is 0.0540 e. The zero-order chi connectivity index (χ0) is 12.3. The van der Waals surface area contributed by atoms with Crippen molar-refractivity contribution in [3.8, 4) is 0 Å². The maximum Gasteiger partial charge on any atom is 0.0540 e. The molecule has 0 aromatic heterocycles. The Morgan fingerprint density at radius 3 is 2.88 bits per heavy atom. The summed E-state index contributed by atoms with van der Waals surface area (Å²) in [6, 6.07) is 8.84. The summed E-state index contributed by atoms with van der Waals surface area (Å²) in [4.78, 5) is 0. The van der Waals surface area contributed by atoms with Crippen molar-refractivity contribution in [1.82, 2.24) is 5.32 Å². The molecule has 1 aliphatic rings. The molecule has 0 aliphatic heterocycles. The molecule has 3 unspecified atom stereocenters. The maximum atomic E-state index is 11.9. The van der Waals surface area contributed by atoms with Crippen LogP contribution in [0.25, 0.3) is 0 Å². The lowest BCUT2D eigenvalue weighted by atomic mass is 9.99. The maximum absolute atomic E-state index is 11.9. The van der Waals surface area contributed by atoms with Crippen molar-refractivity contribution in [1.29, 1.82) is 0 Å². The Bertz CT molecular complexity index is 405. The van der Waals surface area contributed by atoms with Gasteiger partial charge in [-0.05, 0) is 36.9 Å². The fourth-order valence-corrected chi connectivity index (χ4v) is 3.87. The Labute approximate surface area is 106 Å². The first kappa shape index (κ1) is 12.8. The Morgan fingerprint density at radius 1 is 1.41 bits per heavy atom. The highest BCUT2D eigenvalue weighted by molar-refractivity contribution is 7.84. The van der Waals surface area contributed by atoms with Crippen LogP contribution >= 0.6 is 0 Å². The zero-order valence-corrected chi connectivity index (χ0v) is 11.4. The van der Waals surface area contributed by atoms with Gasteiger partial charge in [0.25, 0.3) is 0 Å². The molecule has 0 radical (unpaired) electrons. The quantitative estimate of drug-likeness (QED) is 0.836. The summed E-state index contributed by atoms with van der Waals surface area (Å²) >= 11 is 0. The summed E-state index contributed by atoms with van der Waals surface area (Å²) in [6.07, 6.45) is 5.15. The summed E-state index contributed by atoms with van der Waals surface area (Å²) in [5.41, 5.74) is 2.78. The molecule has 0 spiro atoms. The Morgan fingerprint density at radius 2 is 2.18 bits per heavy atom. The number of benzene rings is 1. The van der Waals surface area contributed by atoms with Gasteiger partial charge in [-0.15, -0.1) is 0 Å². The lowest BCUT2D eigenvalue weighted by Gasteiger charge is -2.25. The molecule has 1 N–H and O–H groups in total. The van der Waals surface area contributed by atoms with E-state index in [0.717, 1.165) is 25.8 Å². The van der Waals surface area contributed by atoms with Crippen LogP contribution in [0.4, 0.5) is 0 Å². The fourth-order valence-electron chi connectivity index (χ4n) is 2.74. The highest BCUT2D eigenvalue weighted by atomic mass is 32.2. The van der Waals surface area contributed by atoms with Gasteiger partial charge in [-0.3, -0.25) is 4.21 Å². The zero-order valence-electron chi connectivity index (χ0n) is 10.6. The number of fused-ring (bicyclic) bond motifs is 1. The predicted octanol–water partition coefficient (Wildman–Crippen LogP) is 2.42. The minimum absolute atomic E-state index is 0.249. The molecular formula is C14H21NOS. The first-order valence-electron chi connectivity index (χ1n) is 6.37. The molecule has 2 rings (SSSR count). The van der Waals surface area contributed by atoms with Crippen LogP contribution in [-0.2, 0) is 17.2 Å². The van der Waals surface area contributed by atoms with E-state index >= 15 is 0 Å². The normalized spacial score (nSPS) is 26.0. The summed E-state index contributed by atoms with van der Waals surface area (Å²) < 4.78 is 11.9. The van der Waals surface area contributed by atoms with E-state index in [9.17, 15) is 4.21 Å². The largest absolute Gasteiger partial charge is 0.309 e. The fraction of sp³-hybridized carbons (Fsp3) is 0.571. The van der Waals surface area contributed by atoms with Crippen LogP contribution in [0.1, 0.15) is 36.9 Å². The molecule has 2 nitrogen and oxygen atoms in total. The van der Waals surface area contributed by atoms with Gasteiger partial charge in [-0.25, -0.2) is 0 Å². The van der Waals surface area contributed by atoms with Crippen LogP contribution < -0.4 is 5.32 Å². The minimum Gasteiger partial charge on any atom is -0.309 e. The first-order chi connectivity index (χ1) is 8.24. The van der Waals surface area contributed by atoms with Gasteiger partial charge in [0.15, 0.2) is 0 Å². The molecule has 3 atom stereocenters. The van der Waals surface area contributed by atoms with Crippen molar-refractivity contribution >= 4 is 10.8 Å². The molecule has 1 aliphatic carbocycles. The van der Waals surface area contributed by atoms with Crippen LogP contribution in [0.2, 0.25) is 0 Å². The lowest BCUT2D eigenvalue weighted by molar-refractivity contribution is 0.506. The van der Waals surface area contributed by atoms with Gasteiger partial charge in [0.2, 0.25) is 0 Å². The van der Waals surface area contributed by atoms with E-state index in [1.54, 1.807) is 0 Å². The Kier molecular flexibility index (Phi) is 4.35. The molecule has 0 fully saturated rings. The van der Waals surface area contributed by atoms with E-state index in [4.69, 9.17) is 0 Å². The standard InChI is InChI=1S/C14H21NOS/c1-3-15-14-12-9-5-4-7-11(12)8-6-10-13(14)17(2)16/h4-5,7,9,13-15H,3,6,8,10H2,1-2H3. The van der Waals surface area contributed by atoms with Gasteiger partial charge >= 0.3 is 0 Å². The number of hydrogen-bond acceptors (Lipinski definition) is 2. The topological polar surface area (TPSA) is 29.1 Å². The summed E-state index contributed by atoms with van der Waals surface area (Å²) in [5, 5.41) is 3.77. The van der Waals surface area contributed by atoms with Crippen molar-refractivity contribution in [2.24, 2.45) is 0 Å². The third-order valence-corrected chi connectivity index (χ3v) is 4.91. The third kappa shape index (κ3) is 2.78. The van der Waals surface area contributed by atoms with Gasteiger partial charge in [0, 0.05) is 23.1 Å². The SMILES string of the molecule is CCNC1c2ccccc2CCCC1S(C)=O. The van der Waals surface area contributed by atoms with Crippen LogP contribution in [0.15, 0.2) is 24.3 Å². The molecule has 1 aromatic carbocycles. The second kappa shape index (κ2) is 5.78. The number of rotatable bonds is 3. The lowest BCUT2D eigenvalue weighted by Crippen LogP contribution is -2.34. The Hall–Kier alpha value is -0.670. The van der Waals surface area contributed by atoms with Crippen molar-refractivity contribution in [3.05, 3.63) is 35.4 Å². The predicted molar refractivity (Wildman–Crippen MR) is 73.7 cm³/mol. The molecule has 3 heteroatoms. The van der Waals surface area contributed by atoms with Gasteiger partial charge in [-0.1, -0.05) is 31.2 Å². The summed E-state index contributed by atoms with van der Waals surface area (Å²) in [6.45, 7) is 3.04. The van der Waals surface area contributed by atoms with E-state index in [1.807, 2.05) is 6.26 Å². The van der Waals surface area contributed by atoms with Crippen molar-refractivity contribution < 1.29 is 4.21 Å². The van der Waals surface area contributed by atoms with Crippen molar-refractivity contribution in [2.45, 2.75) is 37.5 Å². The molecule has 0 saturated carbocycles. The van der Waals surface area contributed by atoms with Crippen molar-refractivity contribution in [2.75, 3.05) is 12.8 Å². The van der Waals surface area contributed by atoms with Crippen LogP contribution in [0.5, 0.6) is 0 Å². The van der Waals surface area contributed by atoms with Crippen molar-refractivity contribution in [3.63, 3.8) is 0 Å². The van der Waals surface area contributed by atoms with Crippen LogP contribution in [0.3, 0.4) is 0 Å². The molecular weight excluding hydrogens is 230 g/mol. The molecule has 0 bridgehead atoms. The molecule has 0 amide bonds. The van der Waals surface area contributed by atoms with E-state index in [0.29, 0.717) is 0 Å². The van der Waals surface area contributed by atoms with E-state index < -0.39 is 10.8 Å². The minimum atomic E-state index is -0.764. The first-order valence-corrected chi connectivity index (χ1v) is 7.99. The molecule has 0 heterocycles.